The van der Waals surface area contributed by atoms with Crippen molar-refractivity contribution in [3.8, 4) is 44.9 Å². The van der Waals surface area contributed by atoms with Gasteiger partial charge in [0.25, 0.3) is 0 Å². The van der Waals surface area contributed by atoms with Crippen molar-refractivity contribution in [1.82, 2.24) is 0 Å². The first-order chi connectivity index (χ1) is 41.4. The molecule has 6 aromatic rings. The quantitative estimate of drug-likeness (QED) is 0.0216. The Kier molecular flexibility index (Phi) is 26.5. The van der Waals surface area contributed by atoms with Crippen LogP contribution in [0.25, 0.3) is 33.4 Å². The van der Waals surface area contributed by atoms with Gasteiger partial charge >= 0.3 is 0 Å². The number of hydrogen-bond acceptors (Lipinski definition) is 10. The van der Waals surface area contributed by atoms with E-state index in [2.05, 4.69) is 157 Å². The van der Waals surface area contributed by atoms with Crippen LogP contribution in [0, 0.1) is 10.8 Å². The molecule has 0 unspecified atom stereocenters. The molecule has 0 amide bonds. The first-order valence-corrected chi connectivity index (χ1v) is 31.8. The highest BCUT2D eigenvalue weighted by molar-refractivity contribution is 5.93. The summed E-state index contributed by atoms with van der Waals surface area (Å²) in [7, 11) is 0. The summed E-state index contributed by atoms with van der Waals surface area (Å²) in [5, 5.41) is 18.1. The Morgan fingerprint density at radius 3 is 1.30 bits per heavy atom. The predicted octanol–water partition coefficient (Wildman–Crippen LogP) is 17.8. The van der Waals surface area contributed by atoms with Gasteiger partial charge in [-0.3, -0.25) is 0 Å². The van der Waals surface area contributed by atoms with Gasteiger partial charge < -0.3 is 28.4 Å². The lowest BCUT2D eigenvalue weighted by Gasteiger charge is -2.40. The van der Waals surface area contributed by atoms with E-state index >= 15 is 0 Å². The summed E-state index contributed by atoms with van der Waals surface area (Å²) >= 11 is 0. The van der Waals surface area contributed by atoms with Gasteiger partial charge in [0.2, 0.25) is 0 Å². The smallest absolute Gasteiger partial charge is 0.128 e. The third kappa shape index (κ3) is 20.3. The van der Waals surface area contributed by atoms with Gasteiger partial charge in [-0.15, -0.1) is 0 Å². The van der Waals surface area contributed by atoms with Crippen molar-refractivity contribution in [2.45, 2.75) is 143 Å². The molecule has 0 atom stereocenters. The number of aryl methyl sites for hydroxylation is 2. The Morgan fingerprint density at radius 1 is 0.393 bits per heavy atom. The van der Waals surface area contributed by atoms with Crippen molar-refractivity contribution in [1.29, 1.82) is 0 Å². The topological polar surface area (TPSA) is 105 Å². The van der Waals surface area contributed by atoms with Crippen LogP contribution in [0.5, 0.6) is 11.5 Å². The molecule has 2 aliphatic heterocycles. The molecule has 10 heteroatoms. The highest BCUT2D eigenvalue weighted by Crippen LogP contribution is 2.34. The Labute approximate surface area is 503 Å². The Bertz CT molecular complexity index is 2950. The molecule has 2 saturated heterocycles. The van der Waals surface area contributed by atoms with E-state index in [1.165, 1.54) is 60.8 Å². The van der Waals surface area contributed by atoms with Crippen LogP contribution in [-0.2, 0) is 31.8 Å². The zero-order valence-electron chi connectivity index (χ0n) is 51.0. The predicted molar refractivity (Wildman–Crippen MR) is 349 cm³/mol. The molecule has 6 aromatic carbocycles. The van der Waals surface area contributed by atoms with Crippen molar-refractivity contribution >= 4 is 24.9 Å². The molecule has 0 aromatic heterocycles. The third-order valence-electron chi connectivity index (χ3n) is 16.7. The number of unbranched alkanes of at least 4 members (excludes halogenated alkanes) is 10. The van der Waals surface area contributed by atoms with Gasteiger partial charge in [0.15, 0.2) is 0 Å². The summed E-state index contributed by atoms with van der Waals surface area (Å²) in [5.41, 5.74) is 13.7. The van der Waals surface area contributed by atoms with Gasteiger partial charge in [0.05, 0.1) is 77.7 Å². The van der Waals surface area contributed by atoms with Crippen molar-refractivity contribution < 1.29 is 28.4 Å². The van der Waals surface area contributed by atoms with E-state index in [9.17, 15) is 0 Å². The van der Waals surface area contributed by atoms with Crippen LogP contribution >= 0.6 is 0 Å². The normalized spacial score (nSPS) is 14.7. The molecule has 2 fully saturated rings. The lowest BCUT2D eigenvalue weighted by atomic mass is 9.84. The minimum atomic E-state index is 0.241. The minimum Gasteiger partial charge on any atom is -0.494 e. The summed E-state index contributed by atoms with van der Waals surface area (Å²) in [4.78, 5) is 0. The van der Waals surface area contributed by atoms with Crippen molar-refractivity contribution in [2.24, 2.45) is 31.2 Å². The average Bonchev–Trinajstić information content (AvgIpc) is 3.55. The van der Waals surface area contributed by atoms with Crippen molar-refractivity contribution in [3.63, 3.8) is 0 Å². The lowest BCUT2D eigenvalue weighted by Crippen LogP contribution is -2.45. The van der Waals surface area contributed by atoms with Crippen LogP contribution in [0.2, 0.25) is 0 Å². The fourth-order valence-electron chi connectivity index (χ4n) is 10.6. The fraction of sp³-hybridized carbons (Fsp3) is 0.459. The van der Waals surface area contributed by atoms with E-state index in [-0.39, 0.29) is 10.8 Å². The molecular weight excluding hydrogens is 1040 g/mol. The summed E-state index contributed by atoms with van der Waals surface area (Å²) < 4.78 is 35.4. The van der Waals surface area contributed by atoms with E-state index in [4.69, 9.17) is 28.4 Å². The number of hydrogen-bond donors (Lipinski definition) is 0. The molecular formula is C74H94N4O6. The summed E-state index contributed by atoms with van der Waals surface area (Å²) in [5.74, 6) is 1.68. The molecule has 84 heavy (non-hydrogen) atoms. The van der Waals surface area contributed by atoms with Gasteiger partial charge in [0.1, 0.15) is 11.5 Å². The standard InChI is InChI=1S/C74H94N4O6/c1-5-9-15-21-59-27-31-63(32-28-59)66-37-41-71(65-35-39-70(40-36-65)83-45-19-13-11-17-43-79-53-73(7-3)55-81-56-73)68(47-66)51-77-75-49-61-23-25-62(26-24-61)50-76-78-52-69-48-67(64-33-29-60(30-34-64)22-16-10-6-2)38-42-72(69)84-46-20-14-12-18-44-80-54-74(8-4)57-82-58-74/h23-42,47-52H,5-22,43-46,53-58H2,1-4H3/b75-49+,76-50+,77-51+,78-52+. The van der Waals surface area contributed by atoms with Gasteiger partial charge in [-0.1, -0.05) is 169 Å². The molecule has 8 rings (SSSR count). The maximum absolute atomic E-state index is 6.39. The van der Waals surface area contributed by atoms with Crippen molar-refractivity contribution in [3.05, 3.63) is 167 Å². The molecule has 2 heterocycles. The molecule has 0 radical (unpaired) electrons. The van der Waals surface area contributed by atoms with E-state index in [0.29, 0.717) is 13.2 Å². The average molecular weight is 1140 g/mol. The van der Waals surface area contributed by atoms with Crippen LogP contribution in [0.4, 0.5) is 0 Å². The van der Waals surface area contributed by atoms with E-state index in [1.807, 2.05) is 30.5 Å². The number of ether oxygens (including phenoxy) is 6. The van der Waals surface area contributed by atoms with Gasteiger partial charge in [-0.25, -0.2) is 0 Å². The molecule has 446 valence electrons. The second-order valence-corrected chi connectivity index (χ2v) is 23.4. The van der Waals surface area contributed by atoms with E-state index in [0.717, 1.165) is 186 Å². The van der Waals surface area contributed by atoms with Crippen LogP contribution < -0.4 is 9.47 Å². The molecule has 2 aliphatic rings. The lowest BCUT2D eigenvalue weighted by molar-refractivity contribution is -0.150. The zero-order valence-corrected chi connectivity index (χ0v) is 51.0. The molecule has 10 nitrogen and oxygen atoms in total. The Balaban J connectivity index is 0.862. The monoisotopic (exact) mass is 1130 g/mol. The van der Waals surface area contributed by atoms with Crippen LogP contribution in [0.1, 0.15) is 164 Å². The molecule has 0 bridgehead atoms. The maximum Gasteiger partial charge on any atom is 0.128 e. The maximum atomic E-state index is 6.39. The first-order valence-electron chi connectivity index (χ1n) is 31.8. The van der Waals surface area contributed by atoms with Gasteiger partial charge in [-0.2, -0.15) is 20.4 Å². The Morgan fingerprint density at radius 2 is 0.821 bits per heavy atom. The number of nitrogens with zero attached hydrogens (tertiary/aromatic N) is 4. The molecule has 0 spiro atoms. The summed E-state index contributed by atoms with van der Waals surface area (Å²) in [6.45, 7) is 16.8. The van der Waals surface area contributed by atoms with E-state index in [1.54, 1.807) is 18.6 Å². The van der Waals surface area contributed by atoms with Crippen LogP contribution in [0.3, 0.4) is 0 Å². The highest BCUT2D eigenvalue weighted by atomic mass is 16.5. The van der Waals surface area contributed by atoms with Crippen LogP contribution in [0.15, 0.2) is 154 Å². The second kappa shape index (κ2) is 35.0. The SMILES string of the molecule is CCCCCc1ccc(-c2ccc(OCCCCCCOCC3(CC)COC3)c(/C=N/N=C/c3ccc(/C=N/N=C/c4cc(-c5ccc(CCCCC)cc5)ccc4-c4ccc(OCCCCCCOCC5(CC)COC5)cc4)cc3)c2)cc1. The Hall–Kier alpha value is -6.56. The molecule has 0 N–H and O–H groups in total. The molecule has 0 saturated carbocycles. The van der Waals surface area contributed by atoms with Gasteiger partial charge in [0, 0.05) is 35.2 Å². The highest BCUT2D eigenvalue weighted by Gasteiger charge is 2.37. The van der Waals surface area contributed by atoms with Gasteiger partial charge in [-0.05, 0) is 163 Å². The van der Waals surface area contributed by atoms with Crippen molar-refractivity contribution in [2.75, 3.05) is 66.1 Å². The third-order valence-corrected chi connectivity index (χ3v) is 16.7. The zero-order chi connectivity index (χ0) is 58.3. The summed E-state index contributed by atoms with van der Waals surface area (Å²) in [6, 6.07) is 47.4. The second-order valence-electron chi connectivity index (χ2n) is 23.4. The van der Waals surface area contributed by atoms with Crippen LogP contribution in [-0.4, -0.2) is 90.9 Å². The summed E-state index contributed by atoms with van der Waals surface area (Å²) in [6.07, 6.45) is 27.6. The largest absolute Gasteiger partial charge is 0.494 e. The van der Waals surface area contributed by atoms with E-state index < -0.39 is 0 Å². The number of benzene rings is 6. The molecule has 0 aliphatic carbocycles. The minimum absolute atomic E-state index is 0.241. The first kappa shape index (κ1) is 63.5. The number of rotatable bonds is 39. The fourth-order valence-corrected chi connectivity index (χ4v) is 10.6.